The average Bonchev–Trinajstić information content (AvgIpc) is 3.14. The third-order valence-electron chi connectivity index (χ3n) is 6.28. The first-order chi connectivity index (χ1) is 10.7. The van der Waals surface area contributed by atoms with Crippen LogP contribution < -0.4 is 0 Å². The van der Waals surface area contributed by atoms with Gasteiger partial charge in [-0.25, -0.2) is 0 Å². The molecule has 3 rings (SSSR count). The fourth-order valence-corrected chi connectivity index (χ4v) is 4.99. The van der Waals surface area contributed by atoms with Crippen molar-refractivity contribution in [1.82, 2.24) is 19.7 Å². The lowest BCUT2D eigenvalue weighted by Gasteiger charge is -2.38. The number of aromatic nitrogens is 3. The molecule has 2 aliphatic rings. The Hall–Kier alpha value is -0.900. The van der Waals surface area contributed by atoms with Crippen LogP contribution in [0.5, 0.6) is 0 Å². The predicted molar refractivity (Wildman–Crippen MR) is 89.9 cm³/mol. The highest BCUT2D eigenvalue weighted by Gasteiger charge is 2.50. The lowest BCUT2D eigenvalue weighted by atomic mass is 9.67. The van der Waals surface area contributed by atoms with Crippen molar-refractivity contribution in [3.63, 3.8) is 0 Å². The van der Waals surface area contributed by atoms with Crippen molar-refractivity contribution in [3.05, 3.63) is 12.2 Å². The van der Waals surface area contributed by atoms with Crippen molar-refractivity contribution in [2.75, 3.05) is 13.1 Å². The first-order valence-corrected chi connectivity index (χ1v) is 9.35. The van der Waals surface area contributed by atoms with Crippen molar-refractivity contribution >= 4 is 0 Å². The van der Waals surface area contributed by atoms with Crippen molar-refractivity contribution < 1.29 is 0 Å². The highest BCUT2D eigenvalue weighted by Crippen LogP contribution is 2.52. The lowest BCUT2D eigenvalue weighted by molar-refractivity contribution is 0.147. The molecule has 1 aromatic rings. The Morgan fingerprint density at radius 1 is 1.18 bits per heavy atom. The minimum absolute atomic E-state index is 0.459. The van der Waals surface area contributed by atoms with E-state index in [-0.39, 0.29) is 0 Å². The van der Waals surface area contributed by atoms with Gasteiger partial charge < -0.3 is 4.57 Å². The second-order valence-corrected chi connectivity index (χ2v) is 7.35. The van der Waals surface area contributed by atoms with Crippen LogP contribution >= 0.6 is 0 Å². The van der Waals surface area contributed by atoms with E-state index in [1.54, 1.807) is 0 Å². The molecule has 2 heterocycles. The van der Waals surface area contributed by atoms with Crippen LogP contribution in [0.15, 0.2) is 6.33 Å². The van der Waals surface area contributed by atoms with Crippen molar-refractivity contribution in [3.8, 4) is 0 Å². The minimum Gasteiger partial charge on any atom is -0.318 e. The number of hydrogen-bond acceptors (Lipinski definition) is 3. The summed E-state index contributed by atoms with van der Waals surface area (Å²) in [5.74, 6) is 1.83. The van der Waals surface area contributed by atoms with E-state index in [2.05, 4.69) is 40.4 Å². The van der Waals surface area contributed by atoms with E-state index in [9.17, 15) is 0 Å². The van der Waals surface area contributed by atoms with Gasteiger partial charge in [0, 0.05) is 31.6 Å². The van der Waals surface area contributed by atoms with E-state index >= 15 is 0 Å². The summed E-state index contributed by atoms with van der Waals surface area (Å²) in [4.78, 5) is 2.77. The first kappa shape index (κ1) is 16.0. The Kier molecular flexibility index (Phi) is 4.86. The molecule has 124 valence electrons. The molecule has 0 aromatic carbocycles. The molecule has 1 spiro atoms. The van der Waals surface area contributed by atoms with Gasteiger partial charge in [0.05, 0.1) is 0 Å². The zero-order chi connectivity index (χ0) is 15.6. The summed E-state index contributed by atoms with van der Waals surface area (Å²) >= 11 is 0. The maximum absolute atomic E-state index is 4.55. The topological polar surface area (TPSA) is 34.0 Å². The van der Waals surface area contributed by atoms with E-state index in [1.165, 1.54) is 63.9 Å². The van der Waals surface area contributed by atoms with Crippen LogP contribution in [0.1, 0.15) is 77.5 Å². The monoisotopic (exact) mass is 304 g/mol. The quantitative estimate of drug-likeness (QED) is 0.829. The number of aryl methyl sites for hydroxylation is 1. The fraction of sp³-hybridized carbons (Fsp3) is 0.889. The second-order valence-electron chi connectivity index (χ2n) is 7.35. The largest absolute Gasteiger partial charge is 0.318 e. The van der Waals surface area contributed by atoms with Gasteiger partial charge in [0.2, 0.25) is 0 Å². The Balaban J connectivity index is 1.91. The average molecular weight is 304 g/mol. The molecule has 1 unspecified atom stereocenters. The smallest absolute Gasteiger partial charge is 0.137 e. The summed E-state index contributed by atoms with van der Waals surface area (Å²) in [6, 6.07) is 0.738. The van der Waals surface area contributed by atoms with E-state index in [0.717, 1.165) is 12.6 Å². The van der Waals surface area contributed by atoms with E-state index < -0.39 is 0 Å². The Morgan fingerprint density at radius 2 is 1.91 bits per heavy atom. The van der Waals surface area contributed by atoms with Gasteiger partial charge in [-0.1, -0.05) is 33.1 Å². The van der Waals surface area contributed by atoms with Gasteiger partial charge in [-0.15, -0.1) is 10.2 Å². The molecule has 4 nitrogen and oxygen atoms in total. The van der Waals surface area contributed by atoms with Crippen LogP contribution in [0.3, 0.4) is 0 Å². The van der Waals surface area contributed by atoms with Gasteiger partial charge >= 0.3 is 0 Å². The van der Waals surface area contributed by atoms with Crippen LogP contribution in [-0.4, -0.2) is 38.8 Å². The molecule has 4 heteroatoms. The Labute approximate surface area is 135 Å². The van der Waals surface area contributed by atoms with Gasteiger partial charge in [-0.2, -0.15) is 0 Å². The maximum Gasteiger partial charge on any atom is 0.137 e. The number of rotatable bonds is 5. The standard InChI is InChI=1S/C18H32N4/c1-4-15(5-2)22-12-16(17-20-19-14-21(17)6-3)18(13-22)10-8-7-9-11-18/h14-16H,4-13H2,1-3H3. The van der Waals surface area contributed by atoms with Crippen LogP contribution in [-0.2, 0) is 6.54 Å². The zero-order valence-electron chi connectivity index (χ0n) is 14.6. The van der Waals surface area contributed by atoms with Gasteiger partial charge in [0.25, 0.3) is 0 Å². The van der Waals surface area contributed by atoms with Crippen LogP contribution in [0.2, 0.25) is 0 Å². The Morgan fingerprint density at radius 3 is 2.55 bits per heavy atom. The van der Waals surface area contributed by atoms with Crippen molar-refractivity contribution in [2.24, 2.45) is 5.41 Å². The van der Waals surface area contributed by atoms with Crippen LogP contribution in [0, 0.1) is 5.41 Å². The summed E-state index contributed by atoms with van der Waals surface area (Å²) < 4.78 is 2.28. The van der Waals surface area contributed by atoms with E-state index in [1.807, 2.05) is 6.33 Å². The summed E-state index contributed by atoms with van der Waals surface area (Å²) in [7, 11) is 0. The van der Waals surface area contributed by atoms with E-state index in [0.29, 0.717) is 11.3 Å². The molecular weight excluding hydrogens is 272 g/mol. The van der Waals surface area contributed by atoms with Gasteiger partial charge in [-0.3, -0.25) is 4.90 Å². The van der Waals surface area contributed by atoms with Gasteiger partial charge in [0.15, 0.2) is 0 Å². The summed E-state index contributed by atoms with van der Waals surface area (Å²) in [5, 5.41) is 8.77. The predicted octanol–water partition coefficient (Wildman–Crippen LogP) is 3.84. The molecule has 1 aromatic heterocycles. The highest BCUT2D eigenvalue weighted by atomic mass is 15.3. The third kappa shape index (κ3) is 2.70. The molecule has 2 fully saturated rings. The SMILES string of the molecule is CCC(CC)N1CC(c2nncn2CC)C2(CCCCC2)C1. The van der Waals surface area contributed by atoms with E-state index in [4.69, 9.17) is 0 Å². The molecule has 0 radical (unpaired) electrons. The molecule has 0 bridgehead atoms. The molecule has 1 aliphatic heterocycles. The Bertz CT molecular complexity index is 471. The second kappa shape index (κ2) is 6.69. The number of hydrogen-bond donors (Lipinski definition) is 0. The maximum atomic E-state index is 4.55. The number of nitrogens with zero attached hydrogens (tertiary/aromatic N) is 4. The normalized spacial score (nSPS) is 25.4. The van der Waals surface area contributed by atoms with Crippen molar-refractivity contribution in [2.45, 2.75) is 84.2 Å². The summed E-state index contributed by atoms with van der Waals surface area (Å²) in [6.45, 7) is 10.3. The molecule has 1 atom stereocenters. The number of likely N-dealkylation sites (tertiary alicyclic amines) is 1. The zero-order valence-corrected chi connectivity index (χ0v) is 14.6. The van der Waals surface area contributed by atoms with Crippen LogP contribution in [0.25, 0.3) is 0 Å². The summed E-state index contributed by atoms with van der Waals surface area (Å²) in [6.07, 6.45) is 11.4. The highest BCUT2D eigenvalue weighted by molar-refractivity contribution is 5.13. The molecule has 22 heavy (non-hydrogen) atoms. The molecule has 0 amide bonds. The summed E-state index contributed by atoms with van der Waals surface area (Å²) in [5.41, 5.74) is 0.459. The minimum atomic E-state index is 0.459. The fourth-order valence-electron chi connectivity index (χ4n) is 4.99. The third-order valence-corrected chi connectivity index (χ3v) is 6.28. The van der Waals surface area contributed by atoms with Gasteiger partial charge in [-0.05, 0) is 38.0 Å². The first-order valence-electron chi connectivity index (χ1n) is 9.35. The van der Waals surface area contributed by atoms with Gasteiger partial charge in [0.1, 0.15) is 12.2 Å². The molecule has 1 saturated heterocycles. The molecular formula is C18H32N4. The molecule has 1 saturated carbocycles. The van der Waals surface area contributed by atoms with Crippen LogP contribution in [0.4, 0.5) is 0 Å². The lowest BCUT2D eigenvalue weighted by Crippen LogP contribution is -2.36. The molecule has 1 aliphatic carbocycles. The van der Waals surface area contributed by atoms with Crippen molar-refractivity contribution in [1.29, 1.82) is 0 Å². The molecule has 0 N–H and O–H groups in total.